The molecule has 1 amide bonds. The Kier molecular flexibility index (Phi) is 5.99. The van der Waals surface area contributed by atoms with Gasteiger partial charge in [0, 0.05) is 35.6 Å². The quantitative estimate of drug-likeness (QED) is 0.241. The first-order valence-corrected chi connectivity index (χ1v) is 10.7. The molecule has 0 aliphatic heterocycles. The van der Waals surface area contributed by atoms with Gasteiger partial charge < -0.3 is 15.6 Å². The smallest absolute Gasteiger partial charge is 0.346 e. The van der Waals surface area contributed by atoms with E-state index in [4.69, 9.17) is 0 Å². The molecule has 7 nitrogen and oxygen atoms in total. The molecule has 0 aliphatic rings. The number of pyridine rings is 1. The van der Waals surface area contributed by atoms with Crippen LogP contribution >= 0.6 is 0 Å². The van der Waals surface area contributed by atoms with Crippen LogP contribution in [0.25, 0.3) is 22.4 Å². The number of alkyl halides is 3. The Bertz CT molecular complexity index is 1630. The molecule has 5 rings (SSSR count). The van der Waals surface area contributed by atoms with Crippen molar-refractivity contribution in [3.63, 3.8) is 0 Å². The summed E-state index contributed by atoms with van der Waals surface area (Å²) in [7, 11) is 0. The fourth-order valence-corrected chi connectivity index (χ4v) is 3.55. The zero-order chi connectivity index (χ0) is 26.2. The summed E-state index contributed by atoms with van der Waals surface area (Å²) < 4.78 is 68.1. The molecule has 37 heavy (non-hydrogen) atoms. The summed E-state index contributed by atoms with van der Waals surface area (Å²) in [6.45, 7) is 0. The summed E-state index contributed by atoms with van der Waals surface area (Å²) in [5.74, 6) is -2.69. The molecule has 5 aromatic rings. The number of carbonyl (C=O) groups excluding carboxylic acids is 1. The minimum Gasteiger partial charge on any atom is -0.346 e. The van der Waals surface area contributed by atoms with Crippen LogP contribution in [0.15, 0.2) is 73.2 Å². The second-order valence-electron chi connectivity index (χ2n) is 7.84. The number of nitrogens with one attached hydrogen (secondary N) is 3. The summed E-state index contributed by atoms with van der Waals surface area (Å²) in [6, 6.07) is 10.2. The van der Waals surface area contributed by atoms with Crippen molar-refractivity contribution in [2.24, 2.45) is 0 Å². The van der Waals surface area contributed by atoms with Crippen molar-refractivity contribution in [2.75, 3.05) is 10.6 Å². The zero-order valence-corrected chi connectivity index (χ0v) is 18.6. The lowest BCUT2D eigenvalue weighted by atomic mass is 10.1. The lowest BCUT2D eigenvalue weighted by Crippen LogP contribution is -2.15. The van der Waals surface area contributed by atoms with Crippen LogP contribution in [0.4, 0.5) is 39.1 Å². The first-order valence-electron chi connectivity index (χ1n) is 10.7. The lowest BCUT2D eigenvalue weighted by molar-refractivity contribution is -0.137. The Balaban J connectivity index is 1.44. The molecular weight excluding hydrogens is 495 g/mol. The molecule has 0 saturated carbocycles. The maximum atomic E-state index is 14.7. The van der Waals surface area contributed by atoms with E-state index in [9.17, 15) is 26.7 Å². The van der Waals surface area contributed by atoms with E-state index in [1.807, 2.05) is 0 Å². The van der Waals surface area contributed by atoms with Gasteiger partial charge in [0.1, 0.15) is 23.1 Å². The number of amides is 1. The number of aromatic amines is 1. The van der Waals surface area contributed by atoms with Gasteiger partial charge in [-0.3, -0.25) is 4.79 Å². The minimum atomic E-state index is -4.66. The van der Waals surface area contributed by atoms with Crippen molar-refractivity contribution >= 4 is 34.1 Å². The number of carbonyl (C=O) groups is 1. The maximum Gasteiger partial charge on any atom is 0.416 e. The Morgan fingerprint density at radius 2 is 1.73 bits per heavy atom. The van der Waals surface area contributed by atoms with E-state index in [-0.39, 0.29) is 22.9 Å². The highest BCUT2D eigenvalue weighted by Gasteiger charge is 2.31. The van der Waals surface area contributed by atoms with Crippen molar-refractivity contribution < 1.29 is 26.7 Å². The highest BCUT2D eigenvalue weighted by molar-refractivity contribution is 6.04. The van der Waals surface area contributed by atoms with Gasteiger partial charge in [-0.05, 0) is 42.5 Å². The third-order valence-corrected chi connectivity index (χ3v) is 5.36. The van der Waals surface area contributed by atoms with Crippen LogP contribution in [-0.4, -0.2) is 25.8 Å². The Morgan fingerprint density at radius 3 is 2.54 bits per heavy atom. The van der Waals surface area contributed by atoms with E-state index in [2.05, 4.69) is 30.6 Å². The number of H-pyrrole nitrogens is 1. The molecule has 0 radical (unpaired) electrons. The molecule has 0 unspecified atom stereocenters. The SMILES string of the molecule is O=C(Nc1cc(Nc2ncccc2-c2ncc3cc[nH]c3n2)c(F)cc1F)c1cccc(C(F)(F)F)c1. The normalized spacial score (nSPS) is 11.5. The molecule has 0 bridgehead atoms. The topological polar surface area (TPSA) is 95.6 Å². The molecule has 0 saturated heterocycles. The number of anilines is 3. The van der Waals surface area contributed by atoms with Gasteiger partial charge in [0.2, 0.25) is 0 Å². The van der Waals surface area contributed by atoms with Crippen LogP contribution in [0, 0.1) is 11.6 Å². The summed E-state index contributed by atoms with van der Waals surface area (Å²) in [4.78, 5) is 28.4. The minimum absolute atomic E-state index is 0.147. The van der Waals surface area contributed by atoms with Gasteiger partial charge in [-0.2, -0.15) is 13.2 Å². The van der Waals surface area contributed by atoms with E-state index in [1.54, 1.807) is 30.6 Å². The van der Waals surface area contributed by atoms with Crippen molar-refractivity contribution in [1.29, 1.82) is 0 Å². The summed E-state index contributed by atoms with van der Waals surface area (Å²) in [5, 5.41) is 5.72. The second kappa shape index (κ2) is 9.30. The first-order chi connectivity index (χ1) is 17.7. The van der Waals surface area contributed by atoms with Crippen LogP contribution in [0.1, 0.15) is 15.9 Å². The van der Waals surface area contributed by atoms with Gasteiger partial charge in [-0.15, -0.1) is 0 Å². The highest BCUT2D eigenvalue weighted by Crippen LogP contribution is 2.32. The lowest BCUT2D eigenvalue weighted by Gasteiger charge is -2.14. The molecular formula is C25H15F5N6O. The molecule has 0 spiro atoms. The molecule has 3 N–H and O–H groups in total. The van der Waals surface area contributed by atoms with E-state index < -0.39 is 35.0 Å². The highest BCUT2D eigenvalue weighted by atomic mass is 19.4. The molecule has 12 heteroatoms. The van der Waals surface area contributed by atoms with Gasteiger partial charge >= 0.3 is 6.18 Å². The van der Waals surface area contributed by atoms with E-state index in [0.717, 1.165) is 29.7 Å². The third-order valence-electron chi connectivity index (χ3n) is 5.36. The summed E-state index contributed by atoms with van der Waals surface area (Å²) in [6.07, 6.45) is 0.0836. The number of rotatable bonds is 5. The summed E-state index contributed by atoms with van der Waals surface area (Å²) >= 11 is 0. The zero-order valence-electron chi connectivity index (χ0n) is 18.6. The van der Waals surface area contributed by atoms with Crippen molar-refractivity contribution in [1.82, 2.24) is 19.9 Å². The average molecular weight is 510 g/mol. The Labute approximate surface area is 205 Å². The fraction of sp³-hybridized carbons (Fsp3) is 0.0400. The van der Waals surface area contributed by atoms with Crippen LogP contribution in [0.2, 0.25) is 0 Å². The number of halogens is 5. The van der Waals surface area contributed by atoms with Crippen molar-refractivity contribution in [2.45, 2.75) is 6.18 Å². The van der Waals surface area contributed by atoms with Gasteiger partial charge in [0.25, 0.3) is 5.91 Å². The standard InChI is InChI=1S/C25H15F5N6O/c26-17-10-18(27)20(35-24(37)13-3-1-4-15(9-13)25(28,29)30)11-19(17)34-22-16(5-2-7-31-22)23-33-12-14-6-8-32-21(14)36-23/h1-12H,(H,31,34)(H,35,37)(H,32,33,36). The average Bonchev–Trinajstić information content (AvgIpc) is 3.35. The number of aromatic nitrogens is 4. The largest absolute Gasteiger partial charge is 0.416 e. The molecule has 0 aliphatic carbocycles. The van der Waals surface area contributed by atoms with Crippen molar-refractivity contribution in [3.8, 4) is 11.4 Å². The van der Waals surface area contributed by atoms with Crippen LogP contribution in [0.5, 0.6) is 0 Å². The van der Waals surface area contributed by atoms with Crippen LogP contribution in [0.3, 0.4) is 0 Å². The predicted molar refractivity (Wildman–Crippen MR) is 126 cm³/mol. The molecule has 3 aromatic heterocycles. The Hall–Kier alpha value is -4.87. The molecule has 3 heterocycles. The van der Waals surface area contributed by atoms with Gasteiger partial charge in [-0.1, -0.05) is 6.07 Å². The summed E-state index contributed by atoms with van der Waals surface area (Å²) in [5.41, 5.74) is -1.10. The van der Waals surface area contributed by atoms with Crippen LogP contribution < -0.4 is 10.6 Å². The fourth-order valence-electron chi connectivity index (χ4n) is 3.55. The van der Waals surface area contributed by atoms with Gasteiger partial charge in [0.05, 0.1) is 22.5 Å². The van der Waals surface area contributed by atoms with E-state index in [1.165, 1.54) is 6.20 Å². The second-order valence-corrected chi connectivity index (χ2v) is 7.84. The molecule has 0 fully saturated rings. The van der Waals surface area contributed by atoms with E-state index >= 15 is 0 Å². The third kappa shape index (κ3) is 4.94. The van der Waals surface area contributed by atoms with Crippen LogP contribution in [-0.2, 0) is 6.18 Å². The number of hydrogen-bond acceptors (Lipinski definition) is 5. The Morgan fingerprint density at radius 1 is 0.919 bits per heavy atom. The monoisotopic (exact) mass is 510 g/mol. The number of hydrogen-bond donors (Lipinski definition) is 3. The number of fused-ring (bicyclic) bond motifs is 1. The molecule has 186 valence electrons. The maximum absolute atomic E-state index is 14.7. The van der Waals surface area contributed by atoms with E-state index in [0.29, 0.717) is 23.3 Å². The predicted octanol–water partition coefficient (Wildman–Crippen LogP) is 6.31. The first kappa shape index (κ1) is 23.9. The van der Waals surface area contributed by atoms with Gasteiger partial charge in [-0.25, -0.2) is 23.7 Å². The number of nitrogens with zero attached hydrogens (tertiary/aromatic N) is 3. The van der Waals surface area contributed by atoms with Crippen molar-refractivity contribution in [3.05, 3.63) is 95.9 Å². The molecule has 0 atom stereocenters. The molecule has 2 aromatic carbocycles. The number of benzene rings is 2. The van der Waals surface area contributed by atoms with Gasteiger partial charge in [0.15, 0.2) is 5.82 Å².